The van der Waals surface area contributed by atoms with Crippen LogP contribution in [0.2, 0.25) is 5.02 Å². The summed E-state index contributed by atoms with van der Waals surface area (Å²) in [5, 5.41) is 8.49. The molecule has 0 fully saturated rings. The van der Waals surface area contributed by atoms with Gasteiger partial charge in [-0.2, -0.15) is 5.10 Å². The van der Waals surface area contributed by atoms with Gasteiger partial charge in [-0.15, -0.1) is 0 Å². The summed E-state index contributed by atoms with van der Waals surface area (Å²) < 4.78 is 13.5. The molecule has 1 N–H and O–H groups in total. The molecule has 0 unspecified atom stereocenters. The number of ether oxygens (including phenoxy) is 2. The van der Waals surface area contributed by atoms with E-state index in [0.29, 0.717) is 25.4 Å². The van der Waals surface area contributed by atoms with Gasteiger partial charge in [0.25, 0.3) is 5.56 Å². The van der Waals surface area contributed by atoms with E-state index in [2.05, 4.69) is 15.0 Å². The molecule has 0 spiro atoms. The fourth-order valence-corrected chi connectivity index (χ4v) is 2.90. The Morgan fingerprint density at radius 3 is 2.69 bits per heavy atom. The van der Waals surface area contributed by atoms with Crippen molar-refractivity contribution >= 4 is 33.9 Å². The molecule has 2 heterocycles. The third kappa shape index (κ3) is 3.90. The number of nitrogens with zero attached hydrogens (tertiary/aromatic N) is 3. The molecule has 0 bridgehead atoms. The molecule has 8 heteroatoms. The minimum atomic E-state index is -0.347. The molecule has 1 aromatic carbocycles. The molecule has 3 aromatic rings. The Labute approximate surface area is 156 Å². The van der Waals surface area contributed by atoms with E-state index in [0.717, 1.165) is 23.1 Å². The first kappa shape index (κ1) is 18.4. The molecular weight excluding hydrogens is 356 g/mol. The molecule has 3 rings (SSSR count). The standard InChI is InChI=1S/C18H21ClN4O3/c1-25-9-7-22-6-5-13-11-14(3-4-16(13)22)21-15-12-20-23(8-10-26-2)18(24)17(15)19/h3-6,11-12,21H,7-10H2,1-2H3. The molecule has 0 atom stereocenters. The lowest BCUT2D eigenvalue weighted by atomic mass is 10.2. The zero-order valence-corrected chi connectivity index (χ0v) is 15.5. The van der Waals surface area contributed by atoms with Gasteiger partial charge in [0.15, 0.2) is 0 Å². The van der Waals surface area contributed by atoms with Crippen molar-refractivity contribution in [3.05, 3.63) is 52.0 Å². The van der Waals surface area contributed by atoms with Crippen molar-refractivity contribution in [3.8, 4) is 0 Å². The Kier molecular flexibility index (Phi) is 5.92. The number of nitrogens with one attached hydrogen (secondary N) is 1. The number of benzene rings is 1. The SMILES string of the molecule is COCCn1ncc(Nc2ccc3c(ccn3CCOC)c2)c(Cl)c1=O. The van der Waals surface area contributed by atoms with Gasteiger partial charge in [0, 0.05) is 43.6 Å². The number of hydrogen-bond donors (Lipinski definition) is 1. The number of aromatic nitrogens is 3. The number of hydrogen-bond acceptors (Lipinski definition) is 5. The Balaban J connectivity index is 1.82. The van der Waals surface area contributed by atoms with Gasteiger partial charge in [-0.3, -0.25) is 4.79 Å². The van der Waals surface area contributed by atoms with E-state index in [-0.39, 0.29) is 10.6 Å². The molecule has 26 heavy (non-hydrogen) atoms. The zero-order chi connectivity index (χ0) is 18.5. The smallest absolute Gasteiger partial charge is 0.287 e. The molecule has 7 nitrogen and oxygen atoms in total. The van der Waals surface area contributed by atoms with Gasteiger partial charge < -0.3 is 19.4 Å². The van der Waals surface area contributed by atoms with Crippen LogP contribution >= 0.6 is 11.6 Å². The summed E-state index contributed by atoms with van der Waals surface area (Å²) >= 11 is 6.21. The van der Waals surface area contributed by atoms with E-state index in [1.54, 1.807) is 20.4 Å². The molecule has 0 saturated carbocycles. The Morgan fingerprint density at radius 1 is 1.15 bits per heavy atom. The Morgan fingerprint density at radius 2 is 1.92 bits per heavy atom. The van der Waals surface area contributed by atoms with Gasteiger partial charge in [0.1, 0.15) is 5.02 Å². The quantitative estimate of drug-likeness (QED) is 0.654. The van der Waals surface area contributed by atoms with Gasteiger partial charge in [-0.05, 0) is 24.3 Å². The second-order valence-electron chi connectivity index (χ2n) is 5.79. The van der Waals surface area contributed by atoms with Crippen molar-refractivity contribution in [2.24, 2.45) is 0 Å². The molecule has 0 aliphatic carbocycles. The third-order valence-corrected chi connectivity index (χ3v) is 4.44. The minimum absolute atomic E-state index is 0.105. The predicted octanol–water partition coefficient (Wildman–Crippen LogP) is 2.89. The first-order valence-electron chi connectivity index (χ1n) is 8.23. The lowest BCUT2D eigenvalue weighted by molar-refractivity contribution is 0.182. The fraction of sp³-hybridized carbons (Fsp3) is 0.333. The van der Waals surface area contributed by atoms with Crippen LogP contribution < -0.4 is 10.9 Å². The van der Waals surface area contributed by atoms with Crippen LogP contribution in [-0.2, 0) is 22.6 Å². The minimum Gasteiger partial charge on any atom is -0.383 e. The van der Waals surface area contributed by atoms with Crippen molar-refractivity contribution in [1.29, 1.82) is 0 Å². The molecule has 0 radical (unpaired) electrons. The van der Waals surface area contributed by atoms with Crippen LogP contribution in [0.1, 0.15) is 0 Å². The second-order valence-corrected chi connectivity index (χ2v) is 6.17. The normalized spacial score (nSPS) is 11.2. The number of fused-ring (bicyclic) bond motifs is 1. The highest BCUT2D eigenvalue weighted by Crippen LogP contribution is 2.25. The lowest BCUT2D eigenvalue weighted by Crippen LogP contribution is -2.25. The summed E-state index contributed by atoms with van der Waals surface area (Å²) in [5.74, 6) is 0. The highest BCUT2D eigenvalue weighted by Gasteiger charge is 2.10. The van der Waals surface area contributed by atoms with Gasteiger partial charge in [-0.1, -0.05) is 11.6 Å². The maximum absolute atomic E-state index is 12.3. The Hall–Kier alpha value is -2.35. The molecule has 2 aromatic heterocycles. The van der Waals surface area contributed by atoms with Crippen LogP contribution in [-0.4, -0.2) is 41.8 Å². The molecular formula is C18H21ClN4O3. The second kappa shape index (κ2) is 8.35. The Bertz CT molecular complexity index is 951. The lowest BCUT2D eigenvalue weighted by Gasteiger charge is -2.11. The summed E-state index contributed by atoms with van der Waals surface area (Å²) in [6.45, 7) is 2.20. The zero-order valence-electron chi connectivity index (χ0n) is 14.7. The van der Waals surface area contributed by atoms with E-state index in [9.17, 15) is 4.79 Å². The molecule has 138 valence electrons. The largest absolute Gasteiger partial charge is 0.383 e. The average molecular weight is 377 g/mol. The fourth-order valence-electron chi connectivity index (χ4n) is 2.71. The van der Waals surface area contributed by atoms with Gasteiger partial charge in [-0.25, -0.2) is 4.68 Å². The van der Waals surface area contributed by atoms with Crippen molar-refractivity contribution in [3.63, 3.8) is 0 Å². The molecule has 0 amide bonds. The van der Waals surface area contributed by atoms with Crippen LogP contribution in [0.25, 0.3) is 10.9 Å². The number of methoxy groups -OCH3 is 2. The van der Waals surface area contributed by atoms with Crippen molar-refractivity contribution in [2.75, 3.05) is 32.8 Å². The van der Waals surface area contributed by atoms with E-state index in [1.165, 1.54) is 4.68 Å². The van der Waals surface area contributed by atoms with Gasteiger partial charge in [0.2, 0.25) is 0 Å². The molecule has 0 aliphatic rings. The highest BCUT2D eigenvalue weighted by atomic mass is 35.5. The third-order valence-electron chi connectivity index (χ3n) is 4.08. The van der Waals surface area contributed by atoms with Gasteiger partial charge >= 0.3 is 0 Å². The van der Waals surface area contributed by atoms with Crippen LogP contribution in [0.3, 0.4) is 0 Å². The van der Waals surface area contributed by atoms with Crippen molar-refractivity contribution < 1.29 is 9.47 Å². The topological polar surface area (TPSA) is 70.3 Å². The summed E-state index contributed by atoms with van der Waals surface area (Å²) in [5.41, 5.74) is 2.08. The summed E-state index contributed by atoms with van der Waals surface area (Å²) in [7, 11) is 3.26. The maximum Gasteiger partial charge on any atom is 0.287 e. The first-order chi connectivity index (χ1) is 12.6. The number of rotatable bonds is 8. The van der Waals surface area contributed by atoms with Crippen LogP contribution in [0.4, 0.5) is 11.4 Å². The van der Waals surface area contributed by atoms with E-state index in [1.807, 2.05) is 30.5 Å². The van der Waals surface area contributed by atoms with Crippen molar-refractivity contribution in [1.82, 2.24) is 14.3 Å². The van der Waals surface area contributed by atoms with Crippen LogP contribution in [0, 0.1) is 0 Å². The average Bonchev–Trinajstić information content (AvgIpc) is 3.05. The van der Waals surface area contributed by atoms with E-state index >= 15 is 0 Å². The monoisotopic (exact) mass is 376 g/mol. The number of halogens is 1. The van der Waals surface area contributed by atoms with Crippen molar-refractivity contribution in [2.45, 2.75) is 13.1 Å². The highest BCUT2D eigenvalue weighted by molar-refractivity contribution is 6.33. The van der Waals surface area contributed by atoms with Crippen LogP contribution in [0.15, 0.2) is 41.5 Å². The molecule has 0 aliphatic heterocycles. The maximum atomic E-state index is 12.3. The van der Waals surface area contributed by atoms with Crippen LogP contribution in [0.5, 0.6) is 0 Å². The summed E-state index contributed by atoms with van der Waals surface area (Å²) in [4.78, 5) is 12.3. The van der Waals surface area contributed by atoms with Gasteiger partial charge in [0.05, 0.1) is 31.6 Å². The number of anilines is 2. The summed E-state index contributed by atoms with van der Waals surface area (Å²) in [6, 6.07) is 8.01. The first-order valence-corrected chi connectivity index (χ1v) is 8.61. The predicted molar refractivity (Wildman–Crippen MR) is 102 cm³/mol. The summed E-state index contributed by atoms with van der Waals surface area (Å²) in [6.07, 6.45) is 3.58. The van der Waals surface area contributed by atoms with E-state index in [4.69, 9.17) is 21.1 Å². The van der Waals surface area contributed by atoms with E-state index < -0.39 is 0 Å². The molecule has 0 saturated heterocycles.